The van der Waals surface area contributed by atoms with E-state index in [4.69, 9.17) is 5.26 Å². The second-order valence-electron chi connectivity index (χ2n) is 4.82. The van der Waals surface area contributed by atoms with Crippen molar-refractivity contribution in [3.05, 3.63) is 0 Å². The van der Waals surface area contributed by atoms with E-state index >= 15 is 0 Å². The molecule has 1 amide bonds. The fourth-order valence-electron chi connectivity index (χ4n) is 2.11. The minimum atomic E-state index is -0.662. The van der Waals surface area contributed by atoms with Gasteiger partial charge in [0.05, 0.1) is 6.07 Å². The Bertz CT molecular complexity index is 303. The highest BCUT2D eigenvalue weighted by atomic mass is 16.2. The van der Waals surface area contributed by atoms with E-state index in [1.54, 1.807) is 0 Å². The van der Waals surface area contributed by atoms with Crippen molar-refractivity contribution in [3.8, 4) is 6.07 Å². The molecule has 1 saturated heterocycles. The first-order chi connectivity index (χ1) is 7.16. The van der Waals surface area contributed by atoms with Gasteiger partial charge in [-0.15, -0.1) is 0 Å². The zero-order valence-electron chi connectivity index (χ0n) is 9.12. The summed E-state index contributed by atoms with van der Waals surface area (Å²) in [5.41, 5.74) is -0.662. The number of hydrogen-bond donors (Lipinski definition) is 1. The lowest BCUT2D eigenvalue weighted by molar-refractivity contribution is -0.124. The molecular formula is C11H17N3O. The molecule has 4 heteroatoms. The first kappa shape index (κ1) is 10.4. The number of carbonyl (C=O) groups excluding carboxylic acids is 1. The van der Waals surface area contributed by atoms with Crippen molar-refractivity contribution in [2.45, 2.75) is 19.3 Å². The average molecular weight is 207 g/mol. The Balaban J connectivity index is 1.75. The van der Waals surface area contributed by atoms with Crippen molar-refractivity contribution >= 4 is 5.91 Å². The van der Waals surface area contributed by atoms with Crippen LogP contribution in [-0.2, 0) is 4.79 Å². The molecule has 0 aromatic carbocycles. The lowest BCUT2D eigenvalue weighted by atomic mass is 10.1. The number of nitrogens with zero attached hydrogens (tertiary/aromatic N) is 2. The summed E-state index contributed by atoms with van der Waals surface area (Å²) in [7, 11) is 2.10. The van der Waals surface area contributed by atoms with Crippen molar-refractivity contribution in [3.63, 3.8) is 0 Å². The molecule has 15 heavy (non-hydrogen) atoms. The van der Waals surface area contributed by atoms with Gasteiger partial charge in [-0.2, -0.15) is 5.26 Å². The summed E-state index contributed by atoms with van der Waals surface area (Å²) in [6.45, 7) is 2.90. The van der Waals surface area contributed by atoms with Gasteiger partial charge >= 0.3 is 0 Å². The van der Waals surface area contributed by atoms with Gasteiger partial charge in [0, 0.05) is 13.1 Å². The van der Waals surface area contributed by atoms with Gasteiger partial charge < -0.3 is 10.2 Å². The van der Waals surface area contributed by atoms with E-state index in [0.717, 1.165) is 38.9 Å². The van der Waals surface area contributed by atoms with E-state index in [9.17, 15) is 4.79 Å². The smallest absolute Gasteiger partial charge is 0.240 e. The number of rotatable bonds is 3. The summed E-state index contributed by atoms with van der Waals surface area (Å²) in [6, 6.07) is 2.11. The van der Waals surface area contributed by atoms with Crippen LogP contribution in [0.3, 0.4) is 0 Å². The molecule has 0 aromatic heterocycles. The molecule has 0 aromatic rings. The van der Waals surface area contributed by atoms with E-state index in [1.807, 2.05) is 0 Å². The monoisotopic (exact) mass is 207 g/mol. The maximum atomic E-state index is 11.6. The molecule has 1 unspecified atom stereocenters. The normalized spacial score (nSPS) is 28.4. The summed E-state index contributed by atoms with van der Waals surface area (Å²) >= 11 is 0. The molecule has 4 nitrogen and oxygen atoms in total. The molecule has 0 spiro atoms. The Kier molecular flexibility index (Phi) is 2.66. The Hall–Kier alpha value is -1.08. The number of nitrogens with one attached hydrogen (secondary N) is 1. The minimum Gasteiger partial charge on any atom is -0.354 e. The number of amides is 1. The summed E-state index contributed by atoms with van der Waals surface area (Å²) < 4.78 is 0. The van der Waals surface area contributed by atoms with Crippen molar-refractivity contribution < 1.29 is 4.79 Å². The number of hydrogen-bond acceptors (Lipinski definition) is 3. The largest absolute Gasteiger partial charge is 0.354 e. The molecule has 1 saturated carbocycles. The predicted octanol–water partition coefficient (Wildman–Crippen LogP) is 0.358. The second-order valence-corrected chi connectivity index (χ2v) is 4.82. The van der Waals surface area contributed by atoms with Gasteiger partial charge in [0.1, 0.15) is 5.41 Å². The lowest BCUT2D eigenvalue weighted by Crippen LogP contribution is -2.35. The molecule has 1 aliphatic carbocycles. The molecular weight excluding hydrogens is 190 g/mol. The maximum absolute atomic E-state index is 11.6. The molecule has 1 aliphatic heterocycles. The van der Waals surface area contributed by atoms with Gasteiger partial charge in [-0.05, 0) is 38.8 Å². The van der Waals surface area contributed by atoms with Gasteiger partial charge in [0.25, 0.3) is 0 Å². The quantitative estimate of drug-likeness (QED) is 0.727. The van der Waals surface area contributed by atoms with Gasteiger partial charge in [0.2, 0.25) is 5.91 Å². The highest BCUT2D eigenvalue weighted by Crippen LogP contribution is 2.44. The number of nitriles is 1. The van der Waals surface area contributed by atoms with E-state index in [-0.39, 0.29) is 5.91 Å². The first-order valence-corrected chi connectivity index (χ1v) is 5.54. The van der Waals surface area contributed by atoms with E-state index < -0.39 is 5.41 Å². The Labute approximate surface area is 90.2 Å². The third-order valence-corrected chi connectivity index (χ3v) is 3.44. The summed E-state index contributed by atoms with van der Waals surface area (Å²) in [5.74, 6) is 0.507. The van der Waals surface area contributed by atoms with Gasteiger partial charge in [0.15, 0.2) is 0 Å². The Morgan fingerprint density at radius 3 is 2.87 bits per heavy atom. The SMILES string of the molecule is CN1CCC(CNC(=O)C2(C#N)CC2)C1. The topological polar surface area (TPSA) is 56.1 Å². The van der Waals surface area contributed by atoms with Crippen LogP contribution in [0.15, 0.2) is 0 Å². The summed E-state index contributed by atoms with van der Waals surface area (Å²) in [6.07, 6.45) is 2.62. The summed E-state index contributed by atoms with van der Waals surface area (Å²) in [4.78, 5) is 13.9. The third-order valence-electron chi connectivity index (χ3n) is 3.44. The van der Waals surface area contributed by atoms with Crippen molar-refractivity contribution in [2.24, 2.45) is 11.3 Å². The molecule has 1 N–H and O–H groups in total. The van der Waals surface area contributed by atoms with Gasteiger partial charge in [-0.25, -0.2) is 0 Å². The third kappa shape index (κ3) is 2.13. The van der Waals surface area contributed by atoms with E-state index in [2.05, 4.69) is 23.3 Å². The predicted molar refractivity (Wildman–Crippen MR) is 55.9 cm³/mol. The van der Waals surface area contributed by atoms with Crippen LogP contribution >= 0.6 is 0 Å². The highest BCUT2D eigenvalue weighted by molar-refractivity contribution is 5.88. The van der Waals surface area contributed by atoms with Gasteiger partial charge in [-0.3, -0.25) is 4.79 Å². The highest BCUT2D eigenvalue weighted by Gasteiger charge is 2.50. The van der Waals surface area contributed by atoms with Crippen molar-refractivity contribution in [2.75, 3.05) is 26.7 Å². The first-order valence-electron chi connectivity index (χ1n) is 5.54. The molecule has 2 rings (SSSR count). The van der Waals surface area contributed by atoms with Crippen LogP contribution in [0.25, 0.3) is 0 Å². The molecule has 0 bridgehead atoms. The van der Waals surface area contributed by atoms with Crippen LogP contribution in [0, 0.1) is 22.7 Å². The zero-order valence-corrected chi connectivity index (χ0v) is 9.12. The standard InChI is InChI=1S/C11H17N3O/c1-14-5-2-9(7-14)6-13-10(15)11(8-12)3-4-11/h9H,2-7H2,1H3,(H,13,15). The number of likely N-dealkylation sites (tertiary alicyclic amines) is 1. The van der Waals surface area contributed by atoms with E-state index in [0.29, 0.717) is 5.92 Å². The van der Waals surface area contributed by atoms with Crippen molar-refractivity contribution in [1.29, 1.82) is 5.26 Å². The van der Waals surface area contributed by atoms with Crippen LogP contribution in [0.2, 0.25) is 0 Å². The lowest BCUT2D eigenvalue weighted by Gasteiger charge is -2.13. The fraction of sp³-hybridized carbons (Fsp3) is 0.818. The second kappa shape index (κ2) is 3.82. The fourth-order valence-corrected chi connectivity index (χ4v) is 2.11. The van der Waals surface area contributed by atoms with Crippen LogP contribution in [0.1, 0.15) is 19.3 Å². The van der Waals surface area contributed by atoms with Crippen molar-refractivity contribution in [1.82, 2.24) is 10.2 Å². The van der Waals surface area contributed by atoms with Gasteiger partial charge in [-0.1, -0.05) is 0 Å². The number of carbonyl (C=O) groups is 1. The Morgan fingerprint density at radius 1 is 1.67 bits per heavy atom. The maximum Gasteiger partial charge on any atom is 0.240 e. The zero-order chi connectivity index (χ0) is 10.9. The summed E-state index contributed by atoms with van der Waals surface area (Å²) in [5, 5.41) is 11.8. The van der Waals surface area contributed by atoms with Crippen LogP contribution in [0.5, 0.6) is 0 Å². The molecule has 2 aliphatic rings. The molecule has 1 atom stereocenters. The molecule has 2 fully saturated rings. The molecule has 0 radical (unpaired) electrons. The van der Waals surface area contributed by atoms with Crippen LogP contribution < -0.4 is 5.32 Å². The molecule has 82 valence electrons. The molecule has 1 heterocycles. The minimum absolute atomic E-state index is 0.0560. The Morgan fingerprint density at radius 2 is 2.40 bits per heavy atom. The average Bonchev–Trinajstić information content (AvgIpc) is 2.93. The van der Waals surface area contributed by atoms with E-state index in [1.165, 1.54) is 0 Å². The van der Waals surface area contributed by atoms with Crippen LogP contribution in [-0.4, -0.2) is 37.5 Å². The van der Waals surface area contributed by atoms with Crippen LogP contribution in [0.4, 0.5) is 0 Å².